The molecule has 1 aliphatic heterocycles. The zero-order valence-corrected chi connectivity index (χ0v) is 10.6. The van der Waals surface area contributed by atoms with E-state index in [9.17, 15) is 13.6 Å². The number of anilines is 1. The summed E-state index contributed by atoms with van der Waals surface area (Å²) in [6, 6.07) is 10.6. The average Bonchev–Trinajstić information content (AvgIpc) is 2.71. The van der Waals surface area contributed by atoms with Gasteiger partial charge in [0.1, 0.15) is 0 Å². The van der Waals surface area contributed by atoms with Crippen LogP contribution < -0.4 is 20.5 Å². The van der Waals surface area contributed by atoms with Gasteiger partial charge in [-0.15, -0.1) is 8.78 Å². The van der Waals surface area contributed by atoms with Crippen LogP contribution in [0.2, 0.25) is 0 Å². The Morgan fingerprint density at radius 1 is 1.00 bits per heavy atom. The normalized spacial score (nSPS) is 14.8. The van der Waals surface area contributed by atoms with Crippen molar-refractivity contribution in [2.24, 2.45) is 5.73 Å². The van der Waals surface area contributed by atoms with E-state index in [1.165, 1.54) is 12.1 Å². The van der Waals surface area contributed by atoms with Crippen molar-refractivity contribution in [3.63, 3.8) is 0 Å². The largest absolute Gasteiger partial charge is 0.586 e. The SMILES string of the molecule is NC(=O)Nc1ccc(-c2ccc3c(c2)OC(F)(F)O3)cc1. The van der Waals surface area contributed by atoms with Crippen LogP contribution in [-0.4, -0.2) is 12.3 Å². The number of carbonyl (C=O) groups excluding carboxylic acids is 1. The number of carbonyl (C=O) groups is 1. The minimum absolute atomic E-state index is 0.00392. The lowest BCUT2D eigenvalue weighted by molar-refractivity contribution is -0.286. The van der Waals surface area contributed by atoms with Crippen LogP contribution in [0, 0.1) is 0 Å². The van der Waals surface area contributed by atoms with Crippen LogP contribution in [0.15, 0.2) is 42.5 Å². The number of nitrogens with two attached hydrogens (primary N) is 1. The molecule has 1 heterocycles. The molecule has 5 nitrogen and oxygen atoms in total. The van der Waals surface area contributed by atoms with Crippen LogP contribution >= 0.6 is 0 Å². The number of hydrogen-bond donors (Lipinski definition) is 2. The van der Waals surface area contributed by atoms with Crippen LogP contribution in [0.25, 0.3) is 11.1 Å². The van der Waals surface area contributed by atoms with E-state index < -0.39 is 12.3 Å². The first kappa shape index (κ1) is 13.2. The molecule has 0 fully saturated rings. The number of halogens is 2. The van der Waals surface area contributed by atoms with E-state index in [-0.39, 0.29) is 11.5 Å². The van der Waals surface area contributed by atoms with E-state index in [0.29, 0.717) is 11.3 Å². The number of alkyl halides is 2. The van der Waals surface area contributed by atoms with Crippen LogP contribution in [0.1, 0.15) is 0 Å². The number of primary amides is 1. The smallest absolute Gasteiger partial charge is 0.395 e. The number of amides is 2. The molecule has 0 aromatic heterocycles. The molecule has 2 amide bonds. The van der Waals surface area contributed by atoms with Gasteiger partial charge in [-0.3, -0.25) is 0 Å². The Morgan fingerprint density at radius 2 is 1.62 bits per heavy atom. The molecule has 7 heteroatoms. The number of urea groups is 1. The maximum Gasteiger partial charge on any atom is 0.586 e. The number of rotatable bonds is 2. The van der Waals surface area contributed by atoms with E-state index in [1.807, 2.05) is 0 Å². The predicted octanol–water partition coefficient (Wildman–Crippen LogP) is 3.17. The lowest BCUT2D eigenvalue weighted by Crippen LogP contribution is -2.25. The topological polar surface area (TPSA) is 73.6 Å². The highest BCUT2D eigenvalue weighted by Gasteiger charge is 2.43. The summed E-state index contributed by atoms with van der Waals surface area (Å²) in [6.07, 6.45) is -3.63. The van der Waals surface area contributed by atoms with Gasteiger partial charge in [-0.1, -0.05) is 18.2 Å². The highest BCUT2D eigenvalue weighted by molar-refractivity contribution is 5.88. The Balaban J connectivity index is 1.87. The fourth-order valence-electron chi connectivity index (χ4n) is 2.02. The molecule has 3 N–H and O–H groups in total. The van der Waals surface area contributed by atoms with Crippen molar-refractivity contribution >= 4 is 11.7 Å². The minimum Gasteiger partial charge on any atom is -0.395 e. The number of nitrogens with one attached hydrogen (secondary N) is 1. The Bertz CT molecular complexity index is 702. The molecular formula is C14H10F2N2O3. The third kappa shape index (κ3) is 2.71. The highest BCUT2D eigenvalue weighted by atomic mass is 19.3. The second-order valence-corrected chi connectivity index (χ2v) is 4.40. The fourth-order valence-corrected chi connectivity index (χ4v) is 2.02. The van der Waals surface area contributed by atoms with Crippen LogP contribution in [0.5, 0.6) is 11.5 Å². The summed E-state index contributed by atoms with van der Waals surface area (Å²) in [7, 11) is 0. The Labute approximate surface area is 118 Å². The number of benzene rings is 2. The van der Waals surface area contributed by atoms with Crippen LogP contribution in [0.4, 0.5) is 19.3 Å². The van der Waals surface area contributed by atoms with Gasteiger partial charge < -0.3 is 20.5 Å². The Hall–Kier alpha value is -2.83. The summed E-state index contributed by atoms with van der Waals surface area (Å²) in [5.74, 6) is -0.0207. The molecule has 0 saturated carbocycles. The second-order valence-electron chi connectivity index (χ2n) is 4.40. The predicted molar refractivity (Wildman–Crippen MR) is 71.3 cm³/mol. The standard InChI is InChI=1S/C14H10F2N2O3/c15-14(16)20-11-6-3-9(7-12(11)21-14)8-1-4-10(5-2-8)18-13(17)19/h1-7H,(H3,17,18,19). The van der Waals surface area contributed by atoms with E-state index in [1.54, 1.807) is 30.3 Å². The molecule has 0 atom stereocenters. The van der Waals surface area contributed by atoms with E-state index in [4.69, 9.17) is 5.73 Å². The van der Waals surface area contributed by atoms with Crippen molar-refractivity contribution in [2.45, 2.75) is 6.29 Å². The quantitative estimate of drug-likeness (QED) is 0.892. The average molecular weight is 292 g/mol. The van der Waals surface area contributed by atoms with Crippen LogP contribution in [0.3, 0.4) is 0 Å². The van der Waals surface area contributed by atoms with Crippen molar-refractivity contribution in [1.29, 1.82) is 0 Å². The number of hydrogen-bond acceptors (Lipinski definition) is 3. The van der Waals surface area contributed by atoms with E-state index >= 15 is 0 Å². The Kier molecular flexibility index (Phi) is 2.90. The molecule has 0 spiro atoms. The molecule has 1 aliphatic rings. The Morgan fingerprint density at radius 3 is 2.29 bits per heavy atom. The van der Waals surface area contributed by atoms with Crippen molar-refractivity contribution in [1.82, 2.24) is 0 Å². The van der Waals surface area contributed by atoms with Crippen molar-refractivity contribution in [2.75, 3.05) is 5.32 Å². The summed E-state index contributed by atoms with van der Waals surface area (Å²) >= 11 is 0. The first-order valence-electron chi connectivity index (χ1n) is 6.00. The van der Waals surface area contributed by atoms with Crippen molar-refractivity contribution in [3.05, 3.63) is 42.5 Å². The summed E-state index contributed by atoms with van der Waals surface area (Å²) in [5, 5.41) is 2.43. The summed E-state index contributed by atoms with van der Waals surface area (Å²) in [6.45, 7) is 0. The van der Waals surface area contributed by atoms with Gasteiger partial charge in [0.05, 0.1) is 0 Å². The number of fused-ring (bicyclic) bond motifs is 1. The molecule has 21 heavy (non-hydrogen) atoms. The molecule has 2 aromatic carbocycles. The molecule has 2 aromatic rings. The van der Waals surface area contributed by atoms with E-state index in [2.05, 4.69) is 14.8 Å². The number of ether oxygens (including phenoxy) is 2. The molecule has 0 bridgehead atoms. The van der Waals surface area contributed by atoms with Gasteiger partial charge in [0.25, 0.3) is 0 Å². The molecule has 0 unspecified atom stereocenters. The van der Waals surface area contributed by atoms with Gasteiger partial charge in [-0.25, -0.2) is 4.79 Å². The third-order valence-electron chi connectivity index (χ3n) is 2.89. The zero-order chi connectivity index (χ0) is 15.0. The molecule has 3 rings (SSSR count). The highest BCUT2D eigenvalue weighted by Crippen LogP contribution is 2.42. The zero-order valence-electron chi connectivity index (χ0n) is 10.6. The first-order chi connectivity index (χ1) is 9.93. The maximum atomic E-state index is 12.9. The lowest BCUT2D eigenvalue weighted by atomic mass is 10.0. The second kappa shape index (κ2) is 4.62. The van der Waals surface area contributed by atoms with Crippen LogP contribution in [-0.2, 0) is 0 Å². The molecule has 108 valence electrons. The van der Waals surface area contributed by atoms with Gasteiger partial charge >= 0.3 is 12.3 Å². The third-order valence-corrected chi connectivity index (χ3v) is 2.89. The first-order valence-corrected chi connectivity index (χ1v) is 6.00. The minimum atomic E-state index is -3.63. The van der Waals surface area contributed by atoms with Gasteiger partial charge in [0.2, 0.25) is 0 Å². The fraction of sp³-hybridized carbons (Fsp3) is 0.0714. The van der Waals surface area contributed by atoms with E-state index in [0.717, 1.165) is 5.56 Å². The monoisotopic (exact) mass is 292 g/mol. The summed E-state index contributed by atoms with van der Waals surface area (Å²) in [5.41, 5.74) is 7.00. The maximum absolute atomic E-state index is 12.9. The van der Waals surface area contributed by atoms with Crippen molar-refractivity contribution < 1.29 is 23.0 Å². The molecular weight excluding hydrogens is 282 g/mol. The molecule has 0 saturated heterocycles. The summed E-state index contributed by atoms with van der Waals surface area (Å²) in [4.78, 5) is 10.7. The van der Waals surface area contributed by atoms with Crippen molar-refractivity contribution in [3.8, 4) is 22.6 Å². The molecule has 0 radical (unpaired) electrons. The molecule has 0 aliphatic carbocycles. The summed E-state index contributed by atoms with van der Waals surface area (Å²) < 4.78 is 34.6. The van der Waals surface area contributed by atoms with Gasteiger partial charge in [0, 0.05) is 5.69 Å². The van der Waals surface area contributed by atoms with Gasteiger partial charge in [-0.05, 0) is 35.4 Å². The lowest BCUT2D eigenvalue weighted by Gasteiger charge is -2.05. The van der Waals surface area contributed by atoms with Gasteiger partial charge in [0.15, 0.2) is 11.5 Å². The van der Waals surface area contributed by atoms with Gasteiger partial charge in [-0.2, -0.15) is 0 Å².